The van der Waals surface area contributed by atoms with Crippen molar-refractivity contribution in [3.05, 3.63) is 30.3 Å². The van der Waals surface area contributed by atoms with E-state index in [1.165, 1.54) is 4.90 Å². The predicted molar refractivity (Wildman–Crippen MR) is 63.4 cm³/mol. The van der Waals surface area contributed by atoms with Gasteiger partial charge in [0, 0.05) is 30.9 Å². The lowest BCUT2D eigenvalue weighted by Gasteiger charge is -2.11. The van der Waals surface area contributed by atoms with Crippen LogP contribution < -0.4 is 4.90 Å². The minimum Gasteiger partial charge on any atom is -0.293 e. The Labute approximate surface area is 103 Å². The molecule has 18 heavy (non-hydrogen) atoms. The number of hydrogen-bond donors (Lipinski definition) is 1. The number of pyridine rings is 1. The van der Waals surface area contributed by atoms with Gasteiger partial charge in [0.25, 0.3) is 0 Å². The molecule has 0 aliphatic carbocycles. The number of nitrogens with zero attached hydrogens (tertiary/aromatic N) is 3. The molecule has 0 atom stereocenters. The Morgan fingerprint density at radius 1 is 1.33 bits per heavy atom. The van der Waals surface area contributed by atoms with Gasteiger partial charge in [0.1, 0.15) is 5.69 Å². The molecular weight excluding hydrogens is 235 g/mol. The van der Waals surface area contributed by atoms with Gasteiger partial charge in [-0.05, 0) is 18.6 Å². The van der Waals surface area contributed by atoms with E-state index in [1.807, 2.05) is 0 Å². The zero-order valence-electron chi connectivity index (χ0n) is 9.56. The molecule has 1 fully saturated rings. The molecule has 6 heteroatoms. The molecule has 0 spiro atoms. The summed E-state index contributed by atoms with van der Waals surface area (Å²) in [5.74, 6) is -0.484. The average molecular weight is 246 g/mol. The summed E-state index contributed by atoms with van der Waals surface area (Å²) in [6.07, 6.45) is 4.36. The number of rotatable bonds is 2. The SMILES string of the molecule is O=C1CCCN1c1n[nH]c(-c2ccncc2)c1F. The van der Waals surface area contributed by atoms with Crippen molar-refractivity contribution in [3.63, 3.8) is 0 Å². The normalized spacial score (nSPS) is 15.4. The smallest absolute Gasteiger partial charge is 0.228 e. The molecule has 2 aromatic heterocycles. The molecular formula is C12H11FN4O. The van der Waals surface area contributed by atoms with E-state index in [0.29, 0.717) is 18.5 Å². The van der Waals surface area contributed by atoms with E-state index in [-0.39, 0.29) is 17.4 Å². The van der Waals surface area contributed by atoms with Crippen LogP contribution in [0.5, 0.6) is 0 Å². The van der Waals surface area contributed by atoms with Crippen LogP contribution in [-0.2, 0) is 4.79 Å². The monoisotopic (exact) mass is 246 g/mol. The summed E-state index contributed by atoms with van der Waals surface area (Å²) in [4.78, 5) is 16.8. The second-order valence-corrected chi connectivity index (χ2v) is 4.12. The van der Waals surface area contributed by atoms with Gasteiger partial charge < -0.3 is 0 Å². The fourth-order valence-electron chi connectivity index (χ4n) is 2.08. The average Bonchev–Trinajstić information content (AvgIpc) is 2.96. The highest BCUT2D eigenvalue weighted by Gasteiger charge is 2.28. The van der Waals surface area contributed by atoms with Gasteiger partial charge in [-0.1, -0.05) is 0 Å². The summed E-state index contributed by atoms with van der Waals surface area (Å²) in [5, 5.41) is 6.55. The molecule has 0 unspecified atom stereocenters. The minimum atomic E-state index is -0.489. The van der Waals surface area contributed by atoms with Crippen molar-refractivity contribution in [1.82, 2.24) is 15.2 Å². The number of anilines is 1. The van der Waals surface area contributed by atoms with E-state index in [9.17, 15) is 9.18 Å². The molecule has 1 amide bonds. The van der Waals surface area contributed by atoms with Gasteiger partial charge in [0.05, 0.1) is 0 Å². The van der Waals surface area contributed by atoms with E-state index in [0.717, 1.165) is 6.42 Å². The summed E-state index contributed by atoms with van der Waals surface area (Å²) < 4.78 is 14.2. The third-order valence-corrected chi connectivity index (χ3v) is 2.99. The standard InChI is InChI=1S/C12H11FN4O/c13-10-11(8-3-5-14-6-4-8)15-16-12(10)17-7-1-2-9(17)18/h3-6H,1-2,7H2,(H,15,16). The Balaban J connectivity index is 2.00. The number of H-pyrrole nitrogens is 1. The first-order valence-corrected chi connectivity index (χ1v) is 5.72. The lowest BCUT2D eigenvalue weighted by Crippen LogP contribution is -2.24. The predicted octanol–water partition coefficient (Wildman–Crippen LogP) is 1.74. The molecule has 1 N–H and O–H groups in total. The van der Waals surface area contributed by atoms with E-state index in [1.54, 1.807) is 24.5 Å². The molecule has 1 aliphatic heterocycles. The fourth-order valence-corrected chi connectivity index (χ4v) is 2.08. The van der Waals surface area contributed by atoms with Crippen LogP contribution in [0.25, 0.3) is 11.3 Å². The van der Waals surface area contributed by atoms with Gasteiger partial charge in [-0.25, -0.2) is 4.39 Å². The topological polar surface area (TPSA) is 61.9 Å². The highest BCUT2D eigenvalue weighted by Crippen LogP contribution is 2.29. The second-order valence-electron chi connectivity index (χ2n) is 4.12. The first-order chi connectivity index (χ1) is 8.77. The number of halogens is 1. The molecule has 1 aliphatic rings. The van der Waals surface area contributed by atoms with Crippen LogP contribution in [0.1, 0.15) is 12.8 Å². The molecule has 5 nitrogen and oxygen atoms in total. The van der Waals surface area contributed by atoms with Gasteiger partial charge in [-0.3, -0.25) is 19.8 Å². The summed E-state index contributed by atoms with van der Waals surface area (Å²) >= 11 is 0. The molecule has 0 aromatic carbocycles. The first kappa shape index (κ1) is 10.9. The second kappa shape index (κ2) is 4.21. The van der Waals surface area contributed by atoms with Crippen LogP contribution in [0, 0.1) is 5.82 Å². The Hall–Kier alpha value is -2.24. The van der Waals surface area contributed by atoms with Crippen molar-refractivity contribution >= 4 is 11.7 Å². The Bertz CT molecular complexity index is 581. The van der Waals surface area contributed by atoms with Crippen molar-refractivity contribution < 1.29 is 9.18 Å². The summed E-state index contributed by atoms with van der Waals surface area (Å²) in [7, 11) is 0. The van der Waals surface area contributed by atoms with Crippen molar-refractivity contribution in [2.75, 3.05) is 11.4 Å². The molecule has 92 valence electrons. The maximum absolute atomic E-state index is 14.2. The van der Waals surface area contributed by atoms with Crippen molar-refractivity contribution in [2.45, 2.75) is 12.8 Å². The summed E-state index contributed by atoms with van der Waals surface area (Å²) in [6.45, 7) is 0.524. The molecule has 0 bridgehead atoms. The first-order valence-electron chi connectivity index (χ1n) is 5.72. The van der Waals surface area contributed by atoms with Crippen molar-refractivity contribution in [2.24, 2.45) is 0 Å². The van der Waals surface area contributed by atoms with Gasteiger partial charge >= 0.3 is 0 Å². The quantitative estimate of drug-likeness (QED) is 0.877. The third kappa shape index (κ3) is 1.66. The highest BCUT2D eigenvalue weighted by atomic mass is 19.1. The maximum Gasteiger partial charge on any atom is 0.228 e. The molecule has 3 heterocycles. The lowest BCUT2D eigenvalue weighted by atomic mass is 10.2. The zero-order valence-corrected chi connectivity index (χ0v) is 9.56. The van der Waals surface area contributed by atoms with E-state index >= 15 is 0 Å². The number of aromatic amines is 1. The highest BCUT2D eigenvalue weighted by molar-refractivity contribution is 5.95. The van der Waals surface area contributed by atoms with Crippen LogP contribution >= 0.6 is 0 Å². The van der Waals surface area contributed by atoms with E-state index in [4.69, 9.17) is 0 Å². The largest absolute Gasteiger partial charge is 0.293 e. The number of nitrogens with one attached hydrogen (secondary N) is 1. The third-order valence-electron chi connectivity index (χ3n) is 2.99. The Morgan fingerprint density at radius 3 is 2.78 bits per heavy atom. The maximum atomic E-state index is 14.2. The Morgan fingerprint density at radius 2 is 2.11 bits per heavy atom. The van der Waals surface area contributed by atoms with Gasteiger partial charge in [-0.15, -0.1) is 0 Å². The van der Waals surface area contributed by atoms with Crippen LogP contribution in [0.2, 0.25) is 0 Å². The van der Waals surface area contributed by atoms with Crippen LogP contribution in [-0.4, -0.2) is 27.6 Å². The number of amides is 1. The number of carbonyl (C=O) groups is 1. The molecule has 0 radical (unpaired) electrons. The minimum absolute atomic E-state index is 0.0818. The van der Waals surface area contributed by atoms with Crippen molar-refractivity contribution in [3.8, 4) is 11.3 Å². The van der Waals surface area contributed by atoms with Gasteiger partial charge in [0.2, 0.25) is 5.91 Å². The molecule has 1 saturated heterocycles. The van der Waals surface area contributed by atoms with E-state index in [2.05, 4.69) is 15.2 Å². The van der Waals surface area contributed by atoms with Crippen LogP contribution in [0.4, 0.5) is 10.2 Å². The fraction of sp³-hybridized carbons (Fsp3) is 0.250. The zero-order chi connectivity index (χ0) is 12.5. The number of carbonyl (C=O) groups excluding carboxylic acids is 1. The molecule has 3 rings (SSSR count). The number of hydrogen-bond acceptors (Lipinski definition) is 3. The van der Waals surface area contributed by atoms with Crippen LogP contribution in [0.3, 0.4) is 0 Å². The molecule has 2 aromatic rings. The Kier molecular flexibility index (Phi) is 2.55. The van der Waals surface area contributed by atoms with Crippen LogP contribution in [0.15, 0.2) is 24.5 Å². The van der Waals surface area contributed by atoms with E-state index < -0.39 is 5.82 Å². The summed E-state index contributed by atoms with van der Waals surface area (Å²) in [5.41, 5.74) is 0.944. The van der Waals surface area contributed by atoms with Crippen molar-refractivity contribution in [1.29, 1.82) is 0 Å². The van der Waals surface area contributed by atoms with Gasteiger partial charge in [0.15, 0.2) is 11.6 Å². The molecule has 0 saturated carbocycles. The lowest BCUT2D eigenvalue weighted by molar-refractivity contribution is -0.117. The number of aromatic nitrogens is 3. The van der Waals surface area contributed by atoms with Gasteiger partial charge in [-0.2, -0.15) is 5.10 Å². The summed E-state index contributed by atoms with van der Waals surface area (Å²) in [6, 6.07) is 3.37.